The second-order valence-electron chi connectivity index (χ2n) is 5.62. The van der Waals surface area contributed by atoms with Crippen LogP contribution in [-0.2, 0) is 13.0 Å². The van der Waals surface area contributed by atoms with Gasteiger partial charge in [0, 0.05) is 37.5 Å². The third kappa shape index (κ3) is 6.08. The summed E-state index contributed by atoms with van der Waals surface area (Å²) in [5, 5.41) is 15.0. The van der Waals surface area contributed by atoms with E-state index in [-0.39, 0.29) is 18.6 Å². The number of rotatable bonds is 7. The number of amides is 2. The minimum atomic E-state index is -0.231. The largest absolute Gasteiger partial charge is 0.396 e. The molecule has 0 saturated carbocycles. The highest BCUT2D eigenvalue weighted by Gasteiger charge is 2.11. The molecule has 2 amide bonds. The Balaban J connectivity index is 1.72. The fraction of sp³-hybridized carbons (Fsp3) is 0.333. The highest BCUT2D eigenvalue weighted by atomic mass is 16.3. The van der Waals surface area contributed by atoms with Crippen molar-refractivity contribution in [2.24, 2.45) is 5.92 Å². The third-order valence-corrected chi connectivity index (χ3v) is 3.61. The van der Waals surface area contributed by atoms with Crippen molar-refractivity contribution in [2.75, 3.05) is 13.2 Å². The molecule has 0 spiro atoms. The molecule has 3 N–H and O–H groups in total. The Labute approximate surface area is 136 Å². The number of aromatic nitrogens is 1. The van der Waals surface area contributed by atoms with E-state index in [0.717, 1.165) is 11.3 Å². The van der Waals surface area contributed by atoms with Crippen LogP contribution in [0.1, 0.15) is 16.8 Å². The Morgan fingerprint density at radius 3 is 2.61 bits per heavy atom. The van der Waals surface area contributed by atoms with Gasteiger partial charge in [-0.15, -0.1) is 0 Å². The fourth-order valence-electron chi connectivity index (χ4n) is 2.20. The van der Waals surface area contributed by atoms with E-state index >= 15 is 0 Å². The average molecular weight is 313 g/mol. The van der Waals surface area contributed by atoms with E-state index in [1.165, 1.54) is 5.56 Å². The molecule has 2 aromatic rings. The number of aliphatic hydroxyl groups is 1. The molecule has 0 aliphatic heterocycles. The summed E-state index contributed by atoms with van der Waals surface area (Å²) in [6, 6.07) is 13.5. The quantitative estimate of drug-likeness (QED) is 0.732. The van der Waals surface area contributed by atoms with Gasteiger partial charge in [-0.2, -0.15) is 0 Å². The first kappa shape index (κ1) is 17.0. The van der Waals surface area contributed by atoms with Gasteiger partial charge in [-0.05, 0) is 31.0 Å². The highest BCUT2D eigenvalue weighted by molar-refractivity contribution is 5.73. The second kappa shape index (κ2) is 8.90. The van der Waals surface area contributed by atoms with Crippen LogP contribution in [0.25, 0.3) is 0 Å². The Kier molecular flexibility index (Phi) is 6.56. The number of hydrogen-bond acceptors (Lipinski definition) is 3. The summed E-state index contributed by atoms with van der Waals surface area (Å²) >= 11 is 0. The van der Waals surface area contributed by atoms with Crippen molar-refractivity contribution >= 4 is 6.03 Å². The number of aryl methyl sites for hydroxylation is 1. The van der Waals surface area contributed by atoms with Crippen LogP contribution in [-0.4, -0.2) is 29.3 Å². The van der Waals surface area contributed by atoms with Crippen molar-refractivity contribution in [1.29, 1.82) is 0 Å². The van der Waals surface area contributed by atoms with Crippen LogP contribution in [0.4, 0.5) is 4.79 Å². The van der Waals surface area contributed by atoms with E-state index < -0.39 is 0 Å². The number of pyridine rings is 1. The molecule has 0 bridgehead atoms. The van der Waals surface area contributed by atoms with Crippen LogP contribution < -0.4 is 10.6 Å². The van der Waals surface area contributed by atoms with E-state index in [1.54, 1.807) is 6.20 Å². The second-order valence-corrected chi connectivity index (χ2v) is 5.62. The number of carbonyl (C=O) groups excluding carboxylic acids is 1. The first-order chi connectivity index (χ1) is 11.2. The summed E-state index contributed by atoms with van der Waals surface area (Å²) in [7, 11) is 0. The zero-order valence-electron chi connectivity index (χ0n) is 13.3. The molecular weight excluding hydrogens is 290 g/mol. The van der Waals surface area contributed by atoms with Gasteiger partial charge in [0.05, 0.1) is 0 Å². The maximum atomic E-state index is 11.8. The van der Waals surface area contributed by atoms with Gasteiger partial charge < -0.3 is 15.7 Å². The molecular formula is C18H23N3O2. The van der Waals surface area contributed by atoms with Gasteiger partial charge in [0.2, 0.25) is 0 Å². The molecule has 1 unspecified atom stereocenters. The highest BCUT2D eigenvalue weighted by Crippen LogP contribution is 2.05. The zero-order chi connectivity index (χ0) is 16.5. The third-order valence-electron chi connectivity index (χ3n) is 3.61. The number of hydrogen-bond donors (Lipinski definition) is 3. The van der Waals surface area contributed by atoms with Crippen molar-refractivity contribution in [3.8, 4) is 0 Å². The van der Waals surface area contributed by atoms with Gasteiger partial charge in [0.25, 0.3) is 0 Å². The number of urea groups is 1. The molecule has 1 aromatic heterocycles. The standard InChI is InChI=1S/C18H23N3O2/c1-14-5-7-15(8-6-14)11-20-18(23)21-12-16(13-22)10-17-4-2-3-9-19-17/h2-9,16,22H,10-13H2,1H3,(H2,20,21,23). The molecule has 0 saturated heterocycles. The molecule has 122 valence electrons. The summed E-state index contributed by atoms with van der Waals surface area (Å²) in [4.78, 5) is 16.1. The van der Waals surface area contributed by atoms with Gasteiger partial charge in [-0.1, -0.05) is 35.9 Å². The van der Waals surface area contributed by atoms with Crippen molar-refractivity contribution in [3.63, 3.8) is 0 Å². The zero-order valence-corrected chi connectivity index (χ0v) is 13.3. The van der Waals surface area contributed by atoms with Crippen molar-refractivity contribution in [1.82, 2.24) is 15.6 Å². The monoisotopic (exact) mass is 313 g/mol. The van der Waals surface area contributed by atoms with Crippen molar-refractivity contribution in [3.05, 3.63) is 65.5 Å². The molecule has 1 atom stereocenters. The van der Waals surface area contributed by atoms with E-state index in [4.69, 9.17) is 0 Å². The Hall–Kier alpha value is -2.40. The molecule has 5 heteroatoms. The fourth-order valence-corrected chi connectivity index (χ4v) is 2.20. The number of carbonyl (C=O) groups is 1. The molecule has 0 fully saturated rings. The Morgan fingerprint density at radius 2 is 1.96 bits per heavy atom. The number of benzene rings is 1. The molecule has 1 heterocycles. The minimum Gasteiger partial charge on any atom is -0.396 e. The van der Waals surface area contributed by atoms with Gasteiger partial charge in [-0.25, -0.2) is 4.79 Å². The molecule has 2 rings (SSSR count). The molecule has 0 aliphatic carbocycles. The predicted octanol–water partition coefficient (Wildman–Crippen LogP) is 2.04. The maximum absolute atomic E-state index is 11.8. The lowest BCUT2D eigenvalue weighted by Gasteiger charge is -2.15. The van der Waals surface area contributed by atoms with Crippen molar-refractivity contribution in [2.45, 2.75) is 19.9 Å². The number of nitrogens with one attached hydrogen (secondary N) is 2. The van der Waals surface area contributed by atoms with E-state index in [9.17, 15) is 9.90 Å². The first-order valence-electron chi connectivity index (χ1n) is 7.75. The Bertz CT molecular complexity index is 599. The predicted molar refractivity (Wildman–Crippen MR) is 89.9 cm³/mol. The number of nitrogens with zero attached hydrogens (tertiary/aromatic N) is 1. The van der Waals surface area contributed by atoms with Crippen LogP contribution in [0, 0.1) is 12.8 Å². The Morgan fingerprint density at radius 1 is 1.17 bits per heavy atom. The smallest absolute Gasteiger partial charge is 0.315 e. The summed E-state index contributed by atoms with van der Waals surface area (Å²) in [5.41, 5.74) is 3.16. The van der Waals surface area contributed by atoms with Gasteiger partial charge in [-0.3, -0.25) is 4.98 Å². The van der Waals surface area contributed by atoms with E-state index in [0.29, 0.717) is 19.5 Å². The number of aliphatic hydroxyl groups excluding tert-OH is 1. The van der Waals surface area contributed by atoms with Gasteiger partial charge in [0.1, 0.15) is 0 Å². The van der Waals surface area contributed by atoms with Crippen LogP contribution in [0.3, 0.4) is 0 Å². The lowest BCUT2D eigenvalue weighted by molar-refractivity contribution is 0.213. The normalized spacial score (nSPS) is 11.7. The molecule has 1 aromatic carbocycles. The summed E-state index contributed by atoms with van der Waals surface area (Å²) in [5.74, 6) is -0.0463. The van der Waals surface area contributed by atoms with Crippen molar-refractivity contribution < 1.29 is 9.90 Å². The molecule has 0 radical (unpaired) electrons. The van der Waals surface area contributed by atoms with Crippen LogP contribution >= 0.6 is 0 Å². The molecule has 23 heavy (non-hydrogen) atoms. The lowest BCUT2D eigenvalue weighted by atomic mass is 10.0. The summed E-state index contributed by atoms with van der Waals surface area (Å²) in [6.07, 6.45) is 2.36. The van der Waals surface area contributed by atoms with Crippen LogP contribution in [0.5, 0.6) is 0 Å². The summed E-state index contributed by atoms with van der Waals surface area (Å²) in [6.45, 7) is 2.93. The molecule has 5 nitrogen and oxygen atoms in total. The van der Waals surface area contributed by atoms with Crippen LogP contribution in [0.2, 0.25) is 0 Å². The molecule has 0 aliphatic rings. The minimum absolute atomic E-state index is 0.00875. The lowest BCUT2D eigenvalue weighted by Crippen LogP contribution is -2.39. The first-order valence-corrected chi connectivity index (χ1v) is 7.75. The SMILES string of the molecule is Cc1ccc(CNC(=O)NCC(CO)Cc2ccccn2)cc1. The van der Waals surface area contributed by atoms with E-state index in [1.807, 2.05) is 49.4 Å². The van der Waals surface area contributed by atoms with Gasteiger partial charge >= 0.3 is 6.03 Å². The summed E-state index contributed by atoms with van der Waals surface area (Å²) < 4.78 is 0. The van der Waals surface area contributed by atoms with Gasteiger partial charge in [0.15, 0.2) is 0 Å². The maximum Gasteiger partial charge on any atom is 0.315 e. The van der Waals surface area contributed by atoms with Crippen LogP contribution in [0.15, 0.2) is 48.7 Å². The average Bonchev–Trinajstić information content (AvgIpc) is 2.59. The van der Waals surface area contributed by atoms with E-state index in [2.05, 4.69) is 15.6 Å². The topological polar surface area (TPSA) is 74.2 Å².